The molecule has 2 aromatic rings. The number of carbonyl (C=O) groups excluding carboxylic acids is 2. The minimum Gasteiger partial charge on any atom is -0.454 e. The average Bonchev–Trinajstić information content (AvgIpc) is 3.15. The second-order valence-corrected chi connectivity index (χ2v) is 7.66. The number of hydrogen-bond acceptors (Lipinski definition) is 4. The van der Waals surface area contributed by atoms with Gasteiger partial charge >= 0.3 is 0 Å². The van der Waals surface area contributed by atoms with E-state index < -0.39 is 0 Å². The van der Waals surface area contributed by atoms with E-state index in [1.54, 1.807) is 12.1 Å². The van der Waals surface area contributed by atoms with Gasteiger partial charge in [-0.1, -0.05) is 30.7 Å². The van der Waals surface area contributed by atoms with Crippen LogP contribution in [-0.4, -0.2) is 36.1 Å². The van der Waals surface area contributed by atoms with E-state index >= 15 is 0 Å². The quantitative estimate of drug-likeness (QED) is 0.711. The molecule has 0 spiro atoms. The average molecular weight is 405 g/mol. The number of furan rings is 1. The maximum Gasteiger partial charge on any atom is 0.286 e. The van der Waals surface area contributed by atoms with Gasteiger partial charge in [-0.25, -0.2) is 0 Å². The summed E-state index contributed by atoms with van der Waals surface area (Å²) in [6.07, 6.45) is 2.52. The number of aliphatic hydroxyl groups excluding tert-OH is 1. The summed E-state index contributed by atoms with van der Waals surface area (Å²) in [6.45, 7) is 1.92. The molecule has 1 heterocycles. The first-order chi connectivity index (χ1) is 13.4. The van der Waals surface area contributed by atoms with Crippen molar-refractivity contribution in [3.05, 3.63) is 58.0 Å². The van der Waals surface area contributed by atoms with Crippen LogP contribution in [0.1, 0.15) is 70.8 Å². The number of aliphatic hydroxyl groups is 1. The van der Waals surface area contributed by atoms with E-state index in [1.807, 2.05) is 19.1 Å². The molecule has 28 heavy (non-hydrogen) atoms. The normalized spacial score (nSPS) is 20.4. The summed E-state index contributed by atoms with van der Waals surface area (Å²) >= 11 is 5.97. The predicted octanol–water partition coefficient (Wildman–Crippen LogP) is 3.48. The zero-order chi connectivity index (χ0) is 20.3. The predicted molar refractivity (Wildman–Crippen MR) is 107 cm³/mol. The van der Waals surface area contributed by atoms with E-state index in [1.165, 1.54) is 13.1 Å². The Morgan fingerprint density at radius 3 is 2.39 bits per heavy atom. The largest absolute Gasteiger partial charge is 0.454 e. The molecule has 150 valence electrons. The summed E-state index contributed by atoms with van der Waals surface area (Å²) in [5, 5.41) is 15.8. The number of halogens is 1. The number of benzene rings is 1. The zero-order valence-corrected chi connectivity index (χ0v) is 16.8. The fourth-order valence-electron chi connectivity index (χ4n) is 3.53. The highest BCUT2D eigenvalue weighted by Gasteiger charge is 2.28. The third-order valence-corrected chi connectivity index (χ3v) is 5.50. The molecule has 1 fully saturated rings. The summed E-state index contributed by atoms with van der Waals surface area (Å²) in [4.78, 5) is 25.0. The van der Waals surface area contributed by atoms with Gasteiger partial charge in [0.05, 0.1) is 11.7 Å². The number of amides is 2. The molecule has 1 aliphatic carbocycles. The van der Waals surface area contributed by atoms with E-state index in [-0.39, 0.29) is 35.6 Å². The highest BCUT2D eigenvalue weighted by atomic mass is 35.5. The maximum absolute atomic E-state index is 12.9. The topological polar surface area (TPSA) is 91.6 Å². The van der Waals surface area contributed by atoms with Crippen molar-refractivity contribution in [2.75, 3.05) is 7.05 Å². The lowest BCUT2D eigenvalue weighted by atomic mass is 9.92. The molecule has 6 nitrogen and oxygen atoms in total. The Morgan fingerprint density at radius 2 is 1.79 bits per heavy atom. The summed E-state index contributed by atoms with van der Waals surface area (Å²) in [7, 11) is 1.51. The van der Waals surface area contributed by atoms with Crippen molar-refractivity contribution < 1.29 is 19.1 Å². The Hall–Kier alpha value is -2.31. The van der Waals surface area contributed by atoms with Gasteiger partial charge in [-0.3, -0.25) is 9.59 Å². The standard InChI is InChI=1S/C21H25ClN2O4/c1-12(13-3-5-14(22)6-4-13)19-17(11-18(28-19)21(27)23-2)20(26)24-15-7-9-16(25)10-8-15/h3-6,11-12,15-16,25H,7-10H2,1-2H3,(H,23,27)(H,24,26)/t12-,15-,16-/m0/s1. The molecule has 1 aliphatic rings. The van der Waals surface area contributed by atoms with Gasteiger partial charge in [0.1, 0.15) is 5.76 Å². The van der Waals surface area contributed by atoms with Gasteiger partial charge in [-0.15, -0.1) is 0 Å². The van der Waals surface area contributed by atoms with E-state index in [0.29, 0.717) is 29.2 Å². The fourth-order valence-corrected chi connectivity index (χ4v) is 3.65. The molecule has 0 bridgehead atoms. The second-order valence-electron chi connectivity index (χ2n) is 7.22. The molecule has 0 radical (unpaired) electrons. The van der Waals surface area contributed by atoms with E-state index in [4.69, 9.17) is 16.0 Å². The van der Waals surface area contributed by atoms with Gasteiger partial charge < -0.3 is 20.2 Å². The van der Waals surface area contributed by atoms with Crippen molar-refractivity contribution in [2.45, 2.75) is 50.7 Å². The molecular formula is C21H25ClN2O4. The van der Waals surface area contributed by atoms with Crippen molar-refractivity contribution in [1.82, 2.24) is 10.6 Å². The van der Waals surface area contributed by atoms with Crippen LogP contribution in [0.15, 0.2) is 34.7 Å². The number of hydrogen-bond donors (Lipinski definition) is 3. The van der Waals surface area contributed by atoms with E-state index in [9.17, 15) is 14.7 Å². The van der Waals surface area contributed by atoms with Crippen LogP contribution >= 0.6 is 11.6 Å². The van der Waals surface area contributed by atoms with E-state index in [0.717, 1.165) is 18.4 Å². The van der Waals surface area contributed by atoms with Gasteiger partial charge in [0.2, 0.25) is 0 Å². The third kappa shape index (κ3) is 4.56. The smallest absolute Gasteiger partial charge is 0.286 e. The van der Waals surface area contributed by atoms with Gasteiger partial charge in [0.25, 0.3) is 11.8 Å². The molecular weight excluding hydrogens is 380 g/mol. The second kappa shape index (κ2) is 8.80. The fraction of sp³-hybridized carbons (Fsp3) is 0.429. The SMILES string of the molecule is CNC(=O)c1cc(C(=O)N[C@H]2CC[C@H](O)CC2)c([C@@H](C)c2ccc(Cl)cc2)o1. The molecule has 3 rings (SSSR count). The molecule has 2 amide bonds. The van der Waals surface area contributed by atoms with Crippen LogP contribution in [0, 0.1) is 0 Å². The van der Waals surface area contributed by atoms with Gasteiger partial charge in [-0.2, -0.15) is 0 Å². The van der Waals surface area contributed by atoms with Crippen LogP contribution in [0.2, 0.25) is 5.02 Å². The monoisotopic (exact) mass is 404 g/mol. The molecule has 0 saturated heterocycles. The van der Waals surface area contributed by atoms with E-state index in [2.05, 4.69) is 10.6 Å². The molecule has 1 saturated carbocycles. The first-order valence-corrected chi connectivity index (χ1v) is 9.87. The summed E-state index contributed by atoms with van der Waals surface area (Å²) in [6, 6.07) is 8.81. The Balaban J connectivity index is 1.87. The van der Waals surface area contributed by atoms with Crippen LogP contribution in [0.4, 0.5) is 0 Å². The molecule has 1 aromatic carbocycles. The first-order valence-electron chi connectivity index (χ1n) is 9.49. The lowest BCUT2D eigenvalue weighted by molar-refractivity contribution is 0.0864. The van der Waals surface area contributed by atoms with Crippen molar-refractivity contribution in [3.8, 4) is 0 Å². The highest BCUT2D eigenvalue weighted by Crippen LogP contribution is 2.31. The van der Waals surface area contributed by atoms with Crippen LogP contribution < -0.4 is 10.6 Å². The Bertz CT molecular complexity index is 839. The van der Waals surface area contributed by atoms with Gasteiger partial charge in [0.15, 0.2) is 5.76 Å². The number of carbonyl (C=O) groups is 2. The minimum atomic E-state index is -0.385. The van der Waals surface area contributed by atoms with Gasteiger partial charge in [0, 0.05) is 30.1 Å². The van der Waals surface area contributed by atoms with Crippen LogP contribution in [0.25, 0.3) is 0 Å². The Morgan fingerprint density at radius 1 is 1.14 bits per heavy atom. The number of rotatable bonds is 5. The number of nitrogens with one attached hydrogen (secondary N) is 2. The molecule has 1 aromatic heterocycles. The highest BCUT2D eigenvalue weighted by molar-refractivity contribution is 6.30. The molecule has 3 N–H and O–H groups in total. The van der Waals surface area contributed by atoms with Crippen molar-refractivity contribution in [1.29, 1.82) is 0 Å². The van der Waals surface area contributed by atoms with Gasteiger partial charge in [-0.05, 0) is 43.4 Å². The lowest BCUT2D eigenvalue weighted by Crippen LogP contribution is -2.38. The zero-order valence-electron chi connectivity index (χ0n) is 16.0. The van der Waals surface area contributed by atoms with Crippen LogP contribution in [-0.2, 0) is 0 Å². The summed E-state index contributed by atoms with van der Waals surface area (Å²) in [5.74, 6) is -0.345. The molecule has 0 unspecified atom stereocenters. The Labute approximate surface area is 169 Å². The summed E-state index contributed by atoms with van der Waals surface area (Å²) in [5.41, 5.74) is 1.28. The molecule has 0 aliphatic heterocycles. The van der Waals surface area contributed by atoms with Crippen LogP contribution in [0.3, 0.4) is 0 Å². The third-order valence-electron chi connectivity index (χ3n) is 5.25. The maximum atomic E-state index is 12.9. The van der Waals surface area contributed by atoms with Crippen molar-refractivity contribution in [2.24, 2.45) is 0 Å². The first kappa shape index (κ1) is 20.4. The van der Waals surface area contributed by atoms with Crippen molar-refractivity contribution in [3.63, 3.8) is 0 Å². The summed E-state index contributed by atoms with van der Waals surface area (Å²) < 4.78 is 5.80. The lowest BCUT2D eigenvalue weighted by Gasteiger charge is -2.26. The van der Waals surface area contributed by atoms with Crippen molar-refractivity contribution >= 4 is 23.4 Å². The van der Waals surface area contributed by atoms with Crippen LogP contribution in [0.5, 0.6) is 0 Å². The minimum absolute atomic E-state index is 0.00735. The Kier molecular flexibility index (Phi) is 6.42. The molecule has 1 atom stereocenters. The molecule has 7 heteroatoms.